The van der Waals surface area contributed by atoms with Gasteiger partial charge in [0.2, 0.25) is 0 Å². The van der Waals surface area contributed by atoms with Gasteiger partial charge in [-0.2, -0.15) is 0 Å². The highest BCUT2D eigenvalue weighted by atomic mass is 32.1. The molecule has 5 heteroatoms. The minimum Gasteiger partial charge on any atom is -0.494 e. The first kappa shape index (κ1) is 19.1. The van der Waals surface area contributed by atoms with Crippen LogP contribution in [0.1, 0.15) is 34.8 Å². The zero-order chi connectivity index (χ0) is 19.2. The predicted molar refractivity (Wildman–Crippen MR) is 110 cm³/mol. The number of hydrogen-bond donors (Lipinski definition) is 0. The highest BCUT2D eigenvalue weighted by Crippen LogP contribution is 2.19. The van der Waals surface area contributed by atoms with Crippen LogP contribution in [0.15, 0.2) is 59.6 Å². The molecule has 0 fully saturated rings. The van der Waals surface area contributed by atoms with Crippen LogP contribution >= 0.6 is 11.3 Å². The molecule has 0 aliphatic carbocycles. The Labute approximate surface area is 163 Å². The van der Waals surface area contributed by atoms with Crippen molar-refractivity contribution in [1.29, 1.82) is 0 Å². The van der Waals surface area contributed by atoms with Crippen molar-refractivity contribution in [2.45, 2.75) is 33.7 Å². The average Bonchev–Trinajstić information content (AvgIpc) is 2.98. The third-order valence-corrected chi connectivity index (χ3v) is 5.60. The van der Waals surface area contributed by atoms with Gasteiger partial charge in [-0.1, -0.05) is 41.7 Å². The Kier molecular flexibility index (Phi) is 6.24. The molecule has 3 rings (SSSR count). The van der Waals surface area contributed by atoms with E-state index in [1.807, 2.05) is 56.3 Å². The zero-order valence-corrected chi connectivity index (χ0v) is 16.8. The molecule has 27 heavy (non-hydrogen) atoms. The Morgan fingerprint density at radius 3 is 2.44 bits per heavy atom. The summed E-state index contributed by atoms with van der Waals surface area (Å²) in [6, 6.07) is 18.1. The summed E-state index contributed by atoms with van der Waals surface area (Å²) in [5.74, 6) is 0.916. The van der Waals surface area contributed by atoms with Crippen molar-refractivity contribution in [2.24, 2.45) is 4.99 Å². The number of nitrogens with zero attached hydrogens (tertiary/aromatic N) is 2. The Morgan fingerprint density at radius 1 is 1.11 bits per heavy atom. The van der Waals surface area contributed by atoms with Crippen molar-refractivity contribution in [3.8, 4) is 5.75 Å². The fourth-order valence-corrected chi connectivity index (χ4v) is 4.01. The monoisotopic (exact) mass is 380 g/mol. The lowest BCUT2D eigenvalue weighted by Crippen LogP contribution is -2.17. The van der Waals surface area contributed by atoms with Crippen molar-refractivity contribution in [3.05, 3.63) is 75.5 Å². The fourth-order valence-electron chi connectivity index (χ4n) is 2.94. The Bertz CT molecular complexity index is 970. The molecule has 0 unspecified atom stereocenters. The van der Waals surface area contributed by atoms with E-state index in [9.17, 15) is 4.79 Å². The molecule has 1 heterocycles. The molecule has 0 aliphatic heterocycles. The van der Waals surface area contributed by atoms with Crippen LogP contribution in [0.25, 0.3) is 0 Å². The maximum Gasteiger partial charge on any atom is 0.190 e. The zero-order valence-electron chi connectivity index (χ0n) is 15.9. The molecular weight excluding hydrogens is 356 g/mol. The quantitative estimate of drug-likeness (QED) is 0.545. The first-order valence-electron chi connectivity index (χ1n) is 9.11. The van der Waals surface area contributed by atoms with E-state index < -0.39 is 0 Å². The van der Waals surface area contributed by atoms with Crippen LogP contribution in [0, 0.1) is 6.92 Å². The maximum atomic E-state index is 12.0. The number of thiazole rings is 1. The van der Waals surface area contributed by atoms with E-state index in [0.29, 0.717) is 6.61 Å². The minimum atomic E-state index is 0.0825. The number of aryl methyl sites for hydroxylation is 1. The largest absolute Gasteiger partial charge is 0.494 e. The van der Waals surface area contributed by atoms with Crippen LogP contribution in [-0.2, 0) is 13.0 Å². The molecule has 4 nitrogen and oxygen atoms in total. The second kappa shape index (κ2) is 8.82. The van der Waals surface area contributed by atoms with Crippen LogP contribution in [0.3, 0.4) is 0 Å². The summed E-state index contributed by atoms with van der Waals surface area (Å²) in [5.41, 5.74) is 3.10. The van der Waals surface area contributed by atoms with Crippen LogP contribution in [-0.4, -0.2) is 17.0 Å². The van der Waals surface area contributed by atoms with Gasteiger partial charge in [0.15, 0.2) is 10.6 Å². The summed E-state index contributed by atoms with van der Waals surface area (Å²) in [5, 5.41) is 0. The third kappa shape index (κ3) is 4.74. The third-order valence-electron chi connectivity index (χ3n) is 4.32. The second-order valence-electron chi connectivity index (χ2n) is 6.28. The minimum absolute atomic E-state index is 0.0825. The van der Waals surface area contributed by atoms with Crippen molar-refractivity contribution < 1.29 is 9.53 Å². The van der Waals surface area contributed by atoms with E-state index in [1.165, 1.54) is 16.9 Å². The van der Waals surface area contributed by atoms with Crippen molar-refractivity contribution in [2.75, 3.05) is 6.61 Å². The number of benzene rings is 2. The van der Waals surface area contributed by atoms with Gasteiger partial charge in [-0.3, -0.25) is 4.79 Å². The molecule has 3 aromatic rings. The fraction of sp³-hybridized carbons (Fsp3) is 0.273. The van der Waals surface area contributed by atoms with E-state index in [4.69, 9.17) is 9.73 Å². The smallest absolute Gasteiger partial charge is 0.190 e. The summed E-state index contributed by atoms with van der Waals surface area (Å²) < 4.78 is 7.63. The molecule has 0 spiro atoms. The van der Waals surface area contributed by atoms with Gasteiger partial charge in [-0.05, 0) is 50.1 Å². The summed E-state index contributed by atoms with van der Waals surface area (Å²) in [7, 11) is 0. The van der Waals surface area contributed by atoms with Crippen molar-refractivity contribution >= 4 is 22.8 Å². The van der Waals surface area contributed by atoms with Gasteiger partial charge in [0, 0.05) is 19.2 Å². The van der Waals surface area contributed by atoms with Gasteiger partial charge in [0.05, 0.1) is 17.2 Å². The molecule has 0 atom stereocenters. The van der Waals surface area contributed by atoms with Gasteiger partial charge in [-0.15, -0.1) is 0 Å². The molecule has 2 aromatic carbocycles. The molecule has 140 valence electrons. The van der Waals surface area contributed by atoms with Gasteiger partial charge < -0.3 is 9.30 Å². The van der Waals surface area contributed by atoms with Crippen LogP contribution in [0.4, 0.5) is 5.69 Å². The number of carbonyl (C=O) groups is 1. The maximum absolute atomic E-state index is 12.0. The van der Waals surface area contributed by atoms with E-state index in [-0.39, 0.29) is 5.78 Å². The topological polar surface area (TPSA) is 43.6 Å². The first-order valence-corrected chi connectivity index (χ1v) is 9.93. The SMILES string of the molecule is CCOc1ccc(N=c2sc(C(C)=O)c(C)n2CCc2ccccc2)cc1. The number of carbonyl (C=O) groups excluding carboxylic acids is 1. The number of Topliss-reactive ketones (excluding diaryl/α,β-unsaturated/α-hetero) is 1. The Hall–Kier alpha value is -2.66. The van der Waals surface area contributed by atoms with Gasteiger partial charge in [0.25, 0.3) is 0 Å². The van der Waals surface area contributed by atoms with Crippen molar-refractivity contribution in [3.63, 3.8) is 0 Å². The standard InChI is InChI=1S/C22H24N2O2S/c1-4-26-20-12-10-19(11-13-20)23-22-24(16(2)21(27-22)17(3)25)15-14-18-8-6-5-7-9-18/h5-13H,4,14-15H2,1-3H3. The number of hydrogen-bond acceptors (Lipinski definition) is 4. The molecule has 1 aromatic heterocycles. The second-order valence-corrected chi connectivity index (χ2v) is 7.26. The number of ketones is 1. The molecule has 0 radical (unpaired) electrons. The highest BCUT2D eigenvalue weighted by Gasteiger charge is 2.13. The molecule has 0 saturated carbocycles. The van der Waals surface area contributed by atoms with Gasteiger partial charge in [-0.25, -0.2) is 4.99 Å². The Balaban J connectivity index is 1.95. The molecule has 0 N–H and O–H groups in total. The van der Waals surface area contributed by atoms with E-state index >= 15 is 0 Å². The summed E-state index contributed by atoms with van der Waals surface area (Å²) in [6.07, 6.45) is 0.895. The molecule has 0 bridgehead atoms. The molecule has 0 aliphatic rings. The Morgan fingerprint density at radius 2 is 1.81 bits per heavy atom. The predicted octanol–water partition coefficient (Wildman–Crippen LogP) is 4.93. The number of ether oxygens (including phenoxy) is 1. The van der Waals surface area contributed by atoms with E-state index in [1.54, 1.807) is 6.92 Å². The van der Waals surface area contributed by atoms with Gasteiger partial charge in [0.1, 0.15) is 5.75 Å². The molecule has 0 amide bonds. The van der Waals surface area contributed by atoms with Crippen LogP contribution < -0.4 is 9.54 Å². The lowest BCUT2D eigenvalue weighted by molar-refractivity contribution is 0.102. The average molecular weight is 381 g/mol. The van der Waals surface area contributed by atoms with Crippen LogP contribution in [0.5, 0.6) is 5.75 Å². The molecular formula is C22H24N2O2S. The van der Waals surface area contributed by atoms with Crippen molar-refractivity contribution in [1.82, 2.24) is 4.57 Å². The first-order chi connectivity index (χ1) is 13.1. The van der Waals surface area contributed by atoms with E-state index in [0.717, 1.165) is 39.8 Å². The highest BCUT2D eigenvalue weighted by molar-refractivity contribution is 7.11. The lowest BCUT2D eigenvalue weighted by Gasteiger charge is -2.07. The van der Waals surface area contributed by atoms with Crippen LogP contribution in [0.2, 0.25) is 0 Å². The summed E-state index contributed by atoms with van der Waals surface area (Å²) in [6.45, 7) is 7.00. The number of rotatable bonds is 7. The summed E-state index contributed by atoms with van der Waals surface area (Å²) in [4.78, 5) is 18.4. The van der Waals surface area contributed by atoms with E-state index in [2.05, 4.69) is 16.7 Å². The van der Waals surface area contributed by atoms with Gasteiger partial charge >= 0.3 is 0 Å². The molecule has 0 saturated heterocycles. The normalized spacial score (nSPS) is 11.6. The number of aromatic nitrogens is 1. The summed E-state index contributed by atoms with van der Waals surface area (Å²) >= 11 is 1.45. The lowest BCUT2D eigenvalue weighted by atomic mass is 10.1.